The molecular formula is C18H18N2O3S. The molecule has 3 rings (SSSR count). The number of rotatable bonds is 6. The first-order valence-electron chi connectivity index (χ1n) is 7.78. The molecule has 1 N–H and O–H groups in total. The molecular weight excluding hydrogens is 324 g/mol. The first kappa shape index (κ1) is 16.5. The molecule has 1 amide bonds. The second kappa shape index (κ2) is 7.05. The minimum Gasteiger partial charge on any atom is -0.345 e. The van der Waals surface area contributed by atoms with Crippen LogP contribution in [0.2, 0.25) is 0 Å². The minimum absolute atomic E-state index is 0.101. The van der Waals surface area contributed by atoms with E-state index in [4.69, 9.17) is 0 Å². The van der Waals surface area contributed by atoms with Gasteiger partial charge in [0.1, 0.15) is 5.56 Å². The van der Waals surface area contributed by atoms with Gasteiger partial charge in [-0.1, -0.05) is 30.3 Å². The standard InChI is InChI=1S/C18H18N2O3S/c1-24-14-9-10-16(20(22)23)15(11-14)18(21)19-17(13-7-8-13)12-5-3-2-4-6-12/h2-6,9-11,13,17H,7-8H2,1H3,(H,19,21). The predicted molar refractivity (Wildman–Crippen MR) is 94.3 cm³/mol. The van der Waals surface area contributed by atoms with E-state index in [1.54, 1.807) is 12.1 Å². The molecule has 0 bridgehead atoms. The van der Waals surface area contributed by atoms with Crippen molar-refractivity contribution in [2.24, 2.45) is 5.92 Å². The number of nitro benzene ring substituents is 1. The van der Waals surface area contributed by atoms with Crippen molar-refractivity contribution in [3.05, 3.63) is 69.8 Å². The van der Waals surface area contributed by atoms with Gasteiger partial charge in [0, 0.05) is 11.0 Å². The summed E-state index contributed by atoms with van der Waals surface area (Å²) in [6, 6.07) is 14.3. The van der Waals surface area contributed by atoms with Crippen molar-refractivity contribution >= 4 is 23.4 Å². The fourth-order valence-corrected chi connectivity index (χ4v) is 3.21. The lowest BCUT2D eigenvalue weighted by atomic mass is 10.0. The molecule has 1 aliphatic rings. The number of nitro groups is 1. The molecule has 0 aromatic heterocycles. The third-order valence-corrected chi connectivity index (χ3v) is 4.91. The van der Waals surface area contributed by atoms with E-state index in [0.29, 0.717) is 5.92 Å². The van der Waals surface area contributed by atoms with Crippen LogP contribution in [0.25, 0.3) is 0 Å². The van der Waals surface area contributed by atoms with Gasteiger partial charge >= 0.3 is 0 Å². The Morgan fingerprint density at radius 3 is 2.54 bits per heavy atom. The van der Waals surface area contributed by atoms with Gasteiger partial charge in [-0.2, -0.15) is 0 Å². The van der Waals surface area contributed by atoms with Crippen molar-refractivity contribution in [2.75, 3.05) is 6.26 Å². The third kappa shape index (κ3) is 3.59. The summed E-state index contributed by atoms with van der Waals surface area (Å²) in [4.78, 5) is 24.3. The predicted octanol–water partition coefficient (Wildman–Crippen LogP) is 4.20. The molecule has 0 saturated heterocycles. The van der Waals surface area contributed by atoms with Crippen LogP contribution in [0.4, 0.5) is 5.69 Å². The van der Waals surface area contributed by atoms with Crippen molar-refractivity contribution in [3.63, 3.8) is 0 Å². The average molecular weight is 342 g/mol. The van der Waals surface area contributed by atoms with Crippen LogP contribution in [0.5, 0.6) is 0 Å². The third-order valence-electron chi connectivity index (χ3n) is 4.18. The van der Waals surface area contributed by atoms with Crippen molar-refractivity contribution in [3.8, 4) is 0 Å². The van der Waals surface area contributed by atoms with Crippen LogP contribution in [0.1, 0.15) is 34.8 Å². The highest BCUT2D eigenvalue weighted by atomic mass is 32.2. The number of benzene rings is 2. The summed E-state index contributed by atoms with van der Waals surface area (Å²) in [6.07, 6.45) is 4.00. The summed E-state index contributed by atoms with van der Waals surface area (Å²) in [5, 5.41) is 14.3. The second-order valence-electron chi connectivity index (χ2n) is 5.84. The Hall–Kier alpha value is -2.34. The molecule has 24 heavy (non-hydrogen) atoms. The SMILES string of the molecule is CSc1ccc([N+](=O)[O-])c(C(=O)NC(c2ccccc2)C2CC2)c1. The highest BCUT2D eigenvalue weighted by Gasteiger charge is 2.34. The number of hydrogen-bond acceptors (Lipinski definition) is 4. The smallest absolute Gasteiger partial charge is 0.282 e. The first-order valence-corrected chi connectivity index (χ1v) is 9.01. The van der Waals surface area contributed by atoms with Crippen LogP contribution < -0.4 is 5.32 Å². The maximum Gasteiger partial charge on any atom is 0.282 e. The largest absolute Gasteiger partial charge is 0.345 e. The molecule has 0 spiro atoms. The topological polar surface area (TPSA) is 72.2 Å². The van der Waals surface area contributed by atoms with Gasteiger partial charge in [-0.15, -0.1) is 11.8 Å². The molecule has 0 heterocycles. The summed E-state index contributed by atoms with van der Waals surface area (Å²) in [5.41, 5.74) is 0.998. The van der Waals surface area contributed by atoms with Gasteiger partial charge < -0.3 is 5.32 Å². The maximum atomic E-state index is 12.7. The average Bonchev–Trinajstić information content (AvgIpc) is 3.44. The molecule has 1 fully saturated rings. The number of thioether (sulfide) groups is 1. The van der Waals surface area contributed by atoms with Gasteiger partial charge in [-0.05, 0) is 42.7 Å². The molecule has 1 atom stereocenters. The molecule has 1 saturated carbocycles. The molecule has 0 radical (unpaired) electrons. The van der Waals surface area contributed by atoms with Crippen LogP contribution in [-0.2, 0) is 0 Å². The first-order chi connectivity index (χ1) is 11.6. The summed E-state index contributed by atoms with van der Waals surface area (Å²) in [5.74, 6) is 0.0116. The van der Waals surface area contributed by atoms with Crippen molar-refractivity contribution in [1.29, 1.82) is 0 Å². The Labute approximate surface area is 144 Å². The lowest BCUT2D eigenvalue weighted by Crippen LogP contribution is -2.30. The number of hydrogen-bond donors (Lipinski definition) is 1. The van der Waals surface area contributed by atoms with Crippen LogP contribution in [0.3, 0.4) is 0 Å². The Morgan fingerprint density at radius 1 is 1.25 bits per heavy atom. The molecule has 1 unspecified atom stereocenters. The van der Waals surface area contributed by atoms with Gasteiger partial charge in [-0.3, -0.25) is 14.9 Å². The maximum absolute atomic E-state index is 12.7. The molecule has 1 aliphatic carbocycles. The van der Waals surface area contributed by atoms with Crippen LogP contribution in [0, 0.1) is 16.0 Å². The van der Waals surface area contributed by atoms with Crippen molar-refractivity contribution < 1.29 is 9.72 Å². The molecule has 5 nitrogen and oxygen atoms in total. The fourth-order valence-electron chi connectivity index (χ4n) is 2.77. The zero-order valence-electron chi connectivity index (χ0n) is 13.3. The van der Waals surface area contributed by atoms with Gasteiger partial charge in [0.25, 0.3) is 11.6 Å². The molecule has 124 valence electrons. The monoisotopic (exact) mass is 342 g/mol. The highest BCUT2D eigenvalue weighted by Crippen LogP contribution is 2.41. The van der Waals surface area contributed by atoms with E-state index in [0.717, 1.165) is 23.3 Å². The van der Waals surface area contributed by atoms with Gasteiger partial charge in [0.2, 0.25) is 0 Å². The Morgan fingerprint density at radius 2 is 1.96 bits per heavy atom. The number of carbonyl (C=O) groups excluding carboxylic acids is 1. The quantitative estimate of drug-likeness (QED) is 0.485. The van der Waals surface area contributed by atoms with E-state index < -0.39 is 10.8 Å². The molecule has 6 heteroatoms. The van der Waals surface area contributed by atoms with E-state index in [-0.39, 0.29) is 17.3 Å². The normalized spacial score (nSPS) is 14.9. The Kier molecular flexibility index (Phi) is 4.85. The van der Waals surface area contributed by atoms with Gasteiger partial charge in [-0.25, -0.2) is 0 Å². The lowest BCUT2D eigenvalue weighted by molar-refractivity contribution is -0.385. The number of nitrogens with one attached hydrogen (secondary N) is 1. The van der Waals surface area contributed by atoms with E-state index in [9.17, 15) is 14.9 Å². The number of amides is 1. The highest BCUT2D eigenvalue weighted by molar-refractivity contribution is 7.98. The van der Waals surface area contributed by atoms with Crippen LogP contribution in [0.15, 0.2) is 53.4 Å². The second-order valence-corrected chi connectivity index (χ2v) is 6.72. The van der Waals surface area contributed by atoms with Gasteiger partial charge in [0.15, 0.2) is 0 Å². The fraction of sp³-hybridized carbons (Fsp3) is 0.278. The summed E-state index contributed by atoms with van der Waals surface area (Å²) >= 11 is 1.45. The summed E-state index contributed by atoms with van der Waals surface area (Å²) < 4.78 is 0. The van der Waals surface area contributed by atoms with Crippen molar-refractivity contribution in [1.82, 2.24) is 5.32 Å². The van der Waals surface area contributed by atoms with E-state index in [1.807, 2.05) is 36.6 Å². The van der Waals surface area contributed by atoms with Crippen LogP contribution >= 0.6 is 11.8 Å². The number of carbonyl (C=O) groups is 1. The van der Waals surface area contributed by atoms with E-state index in [1.165, 1.54) is 17.8 Å². The minimum atomic E-state index is -0.506. The van der Waals surface area contributed by atoms with Gasteiger partial charge in [0.05, 0.1) is 11.0 Å². The molecule has 0 aliphatic heterocycles. The molecule has 2 aromatic rings. The Balaban J connectivity index is 1.89. The van der Waals surface area contributed by atoms with E-state index in [2.05, 4.69) is 5.32 Å². The van der Waals surface area contributed by atoms with Crippen molar-refractivity contribution in [2.45, 2.75) is 23.8 Å². The van der Waals surface area contributed by atoms with E-state index >= 15 is 0 Å². The molecule has 2 aromatic carbocycles. The zero-order chi connectivity index (χ0) is 17.1. The zero-order valence-corrected chi connectivity index (χ0v) is 14.1. The number of nitrogens with zero attached hydrogens (tertiary/aromatic N) is 1. The summed E-state index contributed by atoms with van der Waals surface area (Å²) in [6.45, 7) is 0. The Bertz CT molecular complexity index is 760. The summed E-state index contributed by atoms with van der Waals surface area (Å²) in [7, 11) is 0. The lowest BCUT2D eigenvalue weighted by Gasteiger charge is -2.19. The van der Waals surface area contributed by atoms with Crippen LogP contribution in [-0.4, -0.2) is 17.1 Å².